The Bertz CT molecular complexity index is 659. The Morgan fingerprint density at radius 3 is 2.62 bits per heavy atom. The SMILES string of the molecule is Nc1cc2c(cc1NC(=O)NCc1ccccc1)OCO2. The normalized spacial score (nSPS) is 12.0. The summed E-state index contributed by atoms with van der Waals surface area (Å²) in [4.78, 5) is 11.9. The minimum atomic E-state index is -0.329. The van der Waals surface area contributed by atoms with E-state index in [1.54, 1.807) is 12.1 Å². The molecule has 1 aliphatic rings. The van der Waals surface area contributed by atoms with Gasteiger partial charge in [0.25, 0.3) is 0 Å². The molecule has 2 amide bonds. The smallest absolute Gasteiger partial charge is 0.319 e. The van der Waals surface area contributed by atoms with Crippen LogP contribution < -0.4 is 25.8 Å². The largest absolute Gasteiger partial charge is 0.454 e. The lowest BCUT2D eigenvalue weighted by Gasteiger charge is -2.10. The summed E-state index contributed by atoms with van der Waals surface area (Å²) in [6, 6.07) is 12.6. The Hall–Kier alpha value is -2.89. The molecule has 2 aromatic carbocycles. The van der Waals surface area contributed by atoms with E-state index < -0.39 is 0 Å². The average Bonchev–Trinajstić information content (AvgIpc) is 2.94. The van der Waals surface area contributed by atoms with Gasteiger partial charge in [0.05, 0.1) is 11.4 Å². The summed E-state index contributed by atoms with van der Waals surface area (Å²) in [5, 5.41) is 5.46. The number of hydrogen-bond acceptors (Lipinski definition) is 4. The number of amides is 2. The van der Waals surface area contributed by atoms with E-state index in [9.17, 15) is 4.79 Å². The fourth-order valence-corrected chi connectivity index (χ4v) is 2.01. The predicted molar refractivity (Wildman–Crippen MR) is 79.3 cm³/mol. The maximum absolute atomic E-state index is 11.9. The second-order valence-corrected chi connectivity index (χ2v) is 4.59. The Morgan fingerprint density at radius 2 is 1.86 bits per heavy atom. The molecule has 0 unspecified atom stereocenters. The zero-order valence-corrected chi connectivity index (χ0v) is 11.3. The number of fused-ring (bicyclic) bond motifs is 1. The zero-order chi connectivity index (χ0) is 14.7. The molecular formula is C15H15N3O3. The second-order valence-electron chi connectivity index (χ2n) is 4.59. The highest BCUT2D eigenvalue weighted by atomic mass is 16.7. The van der Waals surface area contributed by atoms with Crippen LogP contribution in [0.2, 0.25) is 0 Å². The monoisotopic (exact) mass is 285 g/mol. The second kappa shape index (κ2) is 5.62. The van der Waals surface area contributed by atoms with E-state index in [4.69, 9.17) is 15.2 Å². The van der Waals surface area contributed by atoms with E-state index >= 15 is 0 Å². The molecule has 0 aliphatic carbocycles. The quantitative estimate of drug-likeness (QED) is 0.755. The predicted octanol–water partition coefficient (Wildman–Crippen LogP) is 2.32. The minimum Gasteiger partial charge on any atom is -0.454 e. The molecule has 0 saturated heterocycles. The van der Waals surface area contributed by atoms with Crippen molar-refractivity contribution >= 4 is 17.4 Å². The van der Waals surface area contributed by atoms with E-state index in [-0.39, 0.29) is 12.8 Å². The first kappa shape index (κ1) is 13.1. The van der Waals surface area contributed by atoms with E-state index in [0.717, 1.165) is 5.56 Å². The van der Waals surface area contributed by atoms with Gasteiger partial charge in [-0.3, -0.25) is 0 Å². The summed E-state index contributed by atoms with van der Waals surface area (Å²) < 4.78 is 10.5. The molecule has 0 atom stereocenters. The van der Waals surface area contributed by atoms with Crippen LogP contribution >= 0.6 is 0 Å². The van der Waals surface area contributed by atoms with Gasteiger partial charge in [-0.25, -0.2) is 4.79 Å². The van der Waals surface area contributed by atoms with Crippen molar-refractivity contribution < 1.29 is 14.3 Å². The molecule has 108 valence electrons. The van der Waals surface area contributed by atoms with Crippen LogP contribution in [-0.4, -0.2) is 12.8 Å². The lowest BCUT2D eigenvalue weighted by molar-refractivity contribution is 0.174. The maximum atomic E-state index is 11.9. The van der Waals surface area contributed by atoms with Gasteiger partial charge in [0.15, 0.2) is 11.5 Å². The summed E-state index contributed by atoms with van der Waals surface area (Å²) in [6.45, 7) is 0.607. The highest BCUT2D eigenvalue weighted by Crippen LogP contribution is 2.38. The third kappa shape index (κ3) is 3.00. The van der Waals surface area contributed by atoms with Gasteiger partial charge >= 0.3 is 6.03 Å². The number of rotatable bonds is 3. The molecule has 0 radical (unpaired) electrons. The van der Waals surface area contributed by atoms with Crippen LogP contribution in [0.4, 0.5) is 16.2 Å². The average molecular weight is 285 g/mol. The van der Waals surface area contributed by atoms with Crippen LogP contribution in [0.15, 0.2) is 42.5 Å². The van der Waals surface area contributed by atoms with Gasteiger partial charge in [0.1, 0.15) is 0 Å². The van der Waals surface area contributed by atoms with Gasteiger partial charge < -0.3 is 25.8 Å². The molecule has 4 N–H and O–H groups in total. The molecular weight excluding hydrogens is 270 g/mol. The van der Waals surface area contributed by atoms with Crippen molar-refractivity contribution in [3.8, 4) is 11.5 Å². The first-order chi connectivity index (χ1) is 10.2. The Morgan fingerprint density at radius 1 is 1.14 bits per heavy atom. The van der Waals surface area contributed by atoms with Crippen LogP contribution in [0.25, 0.3) is 0 Å². The van der Waals surface area contributed by atoms with E-state index in [2.05, 4.69) is 10.6 Å². The molecule has 0 spiro atoms. The number of nitrogens with one attached hydrogen (secondary N) is 2. The van der Waals surface area contributed by atoms with Gasteiger partial charge in [-0.1, -0.05) is 30.3 Å². The van der Waals surface area contributed by atoms with E-state index in [1.807, 2.05) is 30.3 Å². The Balaban J connectivity index is 1.62. The summed E-state index contributed by atoms with van der Waals surface area (Å²) in [5.74, 6) is 1.16. The molecule has 0 bridgehead atoms. The van der Waals surface area contributed by atoms with Crippen LogP contribution in [0.1, 0.15) is 5.56 Å². The number of nitrogen functional groups attached to an aromatic ring is 1. The molecule has 6 heteroatoms. The number of carbonyl (C=O) groups is 1. The topological polar surface area (TPSA) is 85.6 Å². The number of benzene rings is 2. The molecule has 0 aromatic heterocycles. The van der Waals surface area contributed by atoms with Crippen molar-refractivity contribution in [2.45, 2.75) is 6.54 Å². The lowest BCUT2D eigenvalue weighted by Crippen LogP contribution is -2.28. The molecule has 6 nitrogen and oxygen atoms in total. The van der Waals surface area contributed by atoms with Crippen molar-refractivity contribution in [3.05, 3.63) is 48.0 Å². The standard InChI is InChI=1S/C15H15N3O3/c16-11-6-13-14(21-9-20-13)7-12(11)18-15(19)17-8-10-4-2-1-3-5-10/h1-7H,8-9,16H2,(H2,17,18,19). The fraction of sp³-hybridized carbons (Fsp3) is 0.133. The third-order valence-electron chi connectivity index (χ3n) is 3.09. The zero-order valence-electron chi connectivity index (χ0n) is 11.3. The minimum absolute atomic E-state index is 0.165. The van der Waals surface area contributed by atoms with Crippen molar-refractivity contribution in [1.82, 2.24) is 5.32 Å². The maximum Gasteiger partial charge on any atom is 0.319 e. The van der Waals surface area contributed by atoms with Gasteiger partial charge in [-0.2, -0.15) is 0 Å². The summed E-state index contributed by atoms with van der Waals surface area (Å²) in [7, 11) is 0. The molecule has 0 saturated carbocycles. The third-order valence-corrected chi connectivity index (χ3v) is 3.09. The first-order valence-electron chi connectivity index (χ1n) is 6.50. The van der Waals surface area contributed by atoms with Crippen LogP contribution in [0, 0.1) is 0 Å². The van der Waals surface area contributed by atoms with Gasteiger partial charge in [0, 0.05) is 18.7 Å². The number of urea groups is 1. The number of nitrogens with two attached hydrogens (primary N) is 1. The first-order valence-corrected chi connectivity index (χ1v) is 6.50. The highest BCUT2D eigenvalue weighted by molar-refractivity contribution is 5.93. The summed E-state index contributed by atoms with van der Waals surface area (Å²) in [5.41, 5.74) is 7.81. The Labute approximate surface area is 121 Å². The van der Waals surface area contributed by atoms with Crippen LogP contribution in [-0.2, 0) is 6.54 Å². The molecule has 3 rings (SSSR count). The number of anilines is 2. The van der Waals surface area contributed by atoms with Crippen LogP contribution in [0.3, 0.4) is 0 Å². The van der Waals surface area contributed by atoms with Gasteiger partial charge in [0.2, 0.25) is 6.79 Å². The molecule has 1 heterocycles. The van der Waals surface area contributed by atoms with Crippen molar-refractivity contribution in [2.75, 3.05) is 17.8 Å². The van der Waals surface area contributed by atoms with E-state index in [0.29, 0.717) is 29.4 Å². The molecule has 2 aromatic rings. The number of ether oxygens (including phenoxy) is 2. The molecule has 0 fully saturated rings. The molecule has 1 aliphatic heterocycles. The lowest BCUT2D eigenvalue weighted by atomic mass is 10.2. The van der Waals surface area contributed by atoms with Crippen LogP contribution in [0.5, 0.6) is 11.5 Å². The Kier molecular flexibility index (Phi) is 3.51. The van der Waals surface area contributed by atoms with E-state index in [1.165, 1.54) is 0 Å². The van der Waals surface area contributed by atoms with Gasteiger partial charge in [-0.05, 0) is 5.56 Å². The van der Waals surface area contributed by atoms with Gasteiger partial charge in [-0.15, -0.1) is 0 Å². The van der Waals surface area contributed by atoms with Crippen molar-refractivity contribution in [1.29, 1.82) is 0 Å². The number of hydrogen-bond donors (Lipinski definition) is 3. The summed E-state index contributed by atoms with van der Waals surface area (Å²) in [6.07, 6.45) is 0. The number of carbonyl (C=O) groups excluding carboxylic acids is 1. The van der Waals surface area contributed by atoms with Crippen molar-refractivity contribution in [2.24, 2.45) is 0 Å². The fourth-order valence-electron chi connectivity index (χ4n) is 2.01. The highest BCUT2D eigenvalue weighted by Gasteiger charge is 2.17. The molecule has 21 heavy (non-hydrogen) atoms. The summed E-state index contributed by atoms with van der Waals surface area (Å²) >= 11 is 0. The van der Waals surface area contributed by atoms with Crippen molar-refractivity contribution in [3.63, 3.8) is 0 Å².